The Labute approximate surface area is 229 Å². The van der Waals surface area contributed by atoms with Gasteiger partial charge in [0.1, 0.15) is 6.61 Å². The lowest BCUT2D eigenvalue weighted by Crippen LogP contribution is -2.27. The lowest BCUT2D eigenvalue weighted by atomic mass is 10.1. The van der Waals surface area contributed by atoms with Crippen molar-refractivity contribution in [3.8, 4) is 5.75 Å². The van der Waals surface area contributed by atoms with Crippen LogP contribution in [0.2, 0.25) is 20.1 Å². The molecule has 2 amide bonds. The van der Waals surface area contributed by atoms with Crippen LogP contribution >= 0.6 is 58.2 Å². The zero-order valence-electron chi connectivity index (χ0n) is 18.0. The second-order valence-electron chi connectivity index (χ2n) is 7.50. The fourth-order valence-electron chi connectivity index (χ4n) is 3.37. The van der Waals surface area contributed by atoms with Gasteiger partial charge in [-0.3, -0.25) is 24.6 Å². The third-order valence-electron chi connectivity index (χ3n) is 5.08. The molecule has 0 bridgehead atoms. The zero-order valence-corrected chi connectivity index (χ0v) is 21.9. The van der Waals surface area contributed by atoms with Crippen LogP contribution in [0.15, 0.2) is 59.5 Å². The summed E-state index contributed by atoms with van der Waals surface area (Å²) >= 11 is 25.4. The molecule has 3 aromatic rings. The van der Waals surface area contributed by atoms with E-state index in [1.54, 1.807) is 36.4 Å². The Hall–Kier alpha value is -2.75. The Balaban J connectivity index is 1.51. The van der Waals surface area contributed by atoms with E-state index in [0.29, 0.717) is 15.6 Å². The summed E-state index contributed by atoms with van der Waals surface area (Å²) in [6, 6.07) is 14.1. The molecule has 184 valence electrons. The molecule has 0 aromatic heterocycles. The number of nitrogens with zero attached hydrogens (tertiary/aromatic N) is 2. The molecule has 7 nitrogen and oxygen atoms in total. The quantitative estimate of drug-likeness (QED) is 0.159. The van der Waals surface area contributed by atoms with Crippen LogP contribution in [0.1, 0.15) is 16.7 Å². The molecule has 0 unspecified atom stereocenters. The molecule has 0 spiro atoms. The van der Waals surface area contributed by atoms with Crippen molar-refractivity contribution in [2.24, 2.45) is 0 Å². The summed E-state index contributed by atoms with van der Waals surface area (Å²) in [5.41, 5.74) is 1.31. The fraction of sp³-hybridized carbons (Fsp3) is 0.0833. The van der Waals surface area contributed by atoms with Gasteiger partial charge in [-0.1, -0.05) is 70.7 Å². The predicted molar refractivity (Wildman–Crippen MR) is 142 cm³/mol. The molecule has 0 atom stereocenters. The molecule has 1 heterocycles. The molecule has 3 aromatic carbocycles. The van der Waals surface area contributed by atoms with Crippen molar-refractivity contribution >= 4 is 81.1 Å². The summed E-state index contributed by atoms with van der Waals surface area (Å²) in [7, 11) is 0. The molecular formula is C24H14Cl4N2O5S. The lowest BCUT2D eigenvalue weighted by molar-refractivity contribution is -0.385. The van der Waals surface area contributed by atoms with Crippen LogP contribution in [0, 0.1) is 10.1 Å². The maximum absolute atomic E-state index is 12.9. The van der Waals surface area contributed by atoms with E-state index in [2.05, 4.69) is 0 Å². The van der Waals surface area contributed by atoms with E-state index < -0.39 is 16.1 Å². The van der Waals surface area contributed by atoms with Crippen LogP contribution in [-0.4, -0.2) is 21.0 Å². The first-order chi connectivity index (χ1) is 17.1. The van der Waals surface area contributed by atoms with E-state index in [-0.39, 0.29) is 45.1 Å². The Morgan fingerprint density at radius 3 is 2.31 bits per heavy atom. The Kier molecular flexibility index (Phi) is 8.12. The number of halogens is 4. The van der Waals surface area contributed by atoms with Crippen molar-refractivity contribution in [2.75, 3.05) is 0 Å². The van der Waals surface area contributed by atoms with E-state index in [1.165, 1.54) is 24.3 Å². The maximum Gasteiger partial charge on any atom is 0.293 e. The third kappa shape index (κ3) is 5.79. The van der Waals surface area contributed by atoms with Gasteiger partial charge in [-0.25, -0.2) is 0 Å². The number of benzene rings is 3. The first-order valence-corrected chi connectivity index (χ1v) is 12.5. The third-order valence-corrected chi connectivity index (χ3v) is 7.28. The summed E-state index contributed by atoms with van der Waals surface area (Å²) in [5.74, 6) is -0.332. The minimum Gasteiger partial charge on any atom is -0.486 e. The molecule has 1 fully saturated rings. The molecule has 36 heavy (non-hydrogen) atoms. The molecule has 4 rings (SSSR count). The van der Waals surface area contributed by atoms with Crippen LogP contribution in [0.25, 0.3) is 6.08 Å². The summed E-state index contributed by atoms with van der Waals surface area (Å²) in [5, 5.41) is 11.9. The topological polar surface area (TPSA) is 89.8 Å². The van der Waals surface area contributed by atoms with E-state index in [1.807, 2.05) is 0 Å². The minimum atomic E-state index is -0.574. The maximum atomic E-state index is 12.9. The van der Waals surface area contributed by atoms with Crippen LogP contribution in [0.4, 0.5) is 10.5 Å². The van der Waals surface area contributed by atoms with Crippen LogP contribution in [0.3, 0.4) is 0 Å². The second kappa shape index (κ2) is 11.1. The van der Waals surface area contributed by atoms with Crippen molar-refractivity contribution in [3.05, 3.63) is 106 Å². The first kappa shape index (κ1) is 26.3. The number of imide groups is 1. The van der Waals surface area contributed by atoms with E-state index >= 15 is 0 Å². The number of carbonyl (C=O) groups excluding carboxylic acids is 2. The van der Waals surface area contributed by atoms with Crippen molar-refractivity contribution < 1.29 is 19.2 Å². The molecule has 1 aliphatic heterocycles. The highest BCUT2D eigenvalue weighted by atomic mass is 35.5. The van der Waals surface area contributed by atoms with Gasteiger partial charge >= 0.3 is 0 Å². The van der Waals surface area contributed by atoms with Gasteiger partial charge < -0.3 is 4.74 Å². The monoisotopic (exact) mass is 582 g/mol. The van der Waals surface area contributed by atoms with Crippen LogP contribution in [-0.2, 0) is 17.9 Å². The number of rotatable bonds is 7. The summed E-state index contributed by atoms with van der Waals surface area (Å²) < 4.78 is 5.75. The zero-order chi connectivity index (χ0) is 26.0. The van der Waals surface area contributed by atoms with Gasteiger partial charge in [-0.2, -0.15) is 0 Å². The molecule has 1 saturated heterocycles. The van der Waals surface area contributed by atoms with Gasteiger partial charge in [0.25, 0.3) is 16.8 Å². The molecule has 1 aliphatic rings. The number of hydrogen-bond acceptors (Lipinski definition) is 6. The molecule has 0 radical (unpaired) electrons. The molecule has 0 aliphatic carbocycles. The van der Waals surface area contributed by atoms with Gasteiger partial charge in [0.05, 0.1) is 36.5 Å². The number of carbonyl (C=O) groups is 2. The van der Waals surface area contributed by atoms with Gasteiger partial charge in [-0.15, -0.1) is 0 Å². The molecule has 0 saturated carbocycles. The van der Waals surface area contributed by atoms with E-state index in [0.717, 1.165) is 22.2 Å². The molecule has 12 heteroatoms. The normalized spacial score (nSPS) is 14.6. The number of thioether (sulfide) groups is 1. The summed E-state index contributed by atoms with van der Waals surface area (Å²) in [4.78, 5) is 37.2. The first-order valence-electron chi connectivity index (χ1n) is 10.2. The van der Waals surface area contributed by atoms with Gasteiger partial charge in [0.2, 0.25) is 0 Å². The number of hydrogen-bond donors (Lipinski definition) is 0. The Morgan fingerprint density at radius 2 is 1.64 bits per heavy atom. The number of ether oxygens (including phenoxy) is 1. The number of amides is 2. The van der Waals surface area contributed by atoms with Gasteiger partial charge in [-0.05, 0) is 53.2 Å². The van der Waals surface area contributed by atoms with Crippen molar-refractivity contribution in [1.29, 1.82) is 0 Å². The molecule has 0 N–H and O–H groups in total. The average Bonchev–Trinajstić information content (AvgIpc) is 3.08. The van der Waals surface area contributed by atoms with Gasteiger partial charge in [0.15, 0.2) is 5.75 Å². The van der Waals surface area contributed by atoms with Crippen molar-refractivity contribution in [2.45, 2.75) is 13.2 Å². The van der Waals surface area contributed by atoms with Crippen LogP contribution in [0.5, 0.6) is 5.75 Å². The van der Waals surface area contributed by atoms with E-state index in [9.17, 15) is 19.7 Å². The van der Waals surface area contributed by atoms with E-state index in [4.69, 9.17) is 51.1 Å². The van der Waals surface area contributed by atoms with Crippen molar-refractivity contribution in [1.82, 2.24) is 4.90 Å². The average molecular weight is 584 g/mol. The van der Waals surface area contributed by atoms with Crippen LogP contribution < -0.4 is 4.74 Å². The highest BCUT2D eigenvalue weighted by Gasteiger charge is 2.36. The highest BCUT2D eigenvalue weighted by Crippen LogP contribution is 2.38. The number of nitro benzene ring substituents is 1. The highest BCUT2D eigenvalue weighted by molar-refractivity contribution is 8.18. The Bertz CT molecular complexity index is 1410. The lowest BCUT2D eigenvalue weighted by Gasteiger charge is -2.13. The predicted octanol–water partition coefficient (Wildman–Crippen LogP) is 8.02. The minimum absolute atomic E-state index is 0.134. The molecular weight excluding hydrogens is 570 g/mol. The largest absolute Gasteiger partial charge is 0.486 e. The second-order valence-corrected chi connectivity index (χ2v) is 10.1. The van der Waals surface area contributed by atoms with Crippen molar-refractivity contribution in [3.63, 3.8) is 0 Å². The number of nitro groups is 1. The van der Waals surface area contributed by atoms with Gasteiger partial charge in [0, 0.05) is 11.6 Å². The summed E-state index contributed by atoms with van der Waals surface area (Å²) in [6.07, 6.45) is 1.48. The summed E-state index contributed by atoms with van der Waals surface area (Å²) in [6.45, 7) is -0.0810. The SMILES string of the molecule is O=C1S/C(=C\c2cc(Cl)c(OCc3ccc(Cl)c(Cl)c3)c(Cl)c2)C(=O)N1Cc1ccccc1[N+](=O)[O-]. The Morgan fingerprint density at radius 1 is 0.944 bits per heavy atom. The fourth-order valence-corrected chi connectivity index (χ4v) is 5.14. The smallest absolute Gasteiger partial charge is 0.293 e. The standard InChI is InChI=1S/C24H14Cl4N2O5S/c25-16-6-5-13(7-17(16)26)12-35-22-18(27)8-14(9-19(22)28)10-21-23(31)29(24(32)36-21)11-15-3-1-2-4-20(15)30(33)34/h1-10H,11-12H2/b21-10-. The number of para-hydroxylation sites is 1.